The van der Waals surface area contributed by atoms with Crippen molar-refractivity contribution in [1.82, 2.24) is 0 Å². The molecule has 6 heteroatoms. The van der Waals surface area contributed by atoms with E-state index in [0.717, 1.165) is 11.1 Å². The zero-order chi connectivity index (χ0) is 17.7. The summed E-state index contributed by atoms with van der Waals surface area (Å²) in [4.78, 5) is 14.1. The first-order valence-corrected chi connectivity index (χ1v) is 7.89. The number of hydrogen-bond donors (Lipinski definition) is 0. The van der Waals surface area contributed by atoms with E-state index in [2.05, 4.69) is 4.79 Å². The molecule has 130 valence electrons. The SMILES string of the molecule is [N-]=[N+]=CC(=O)OC(COCc1ccccc1)COCc1ccccc1. The highest BCUT2D eigenvalue weighted by atomic mass is 16.6. The second-order valence-electron chi connectivity index (χ2n) is 5.30. The molecule has 0 N–H and O–H groups in total. The van der Waals surface area contributed by atoms with Gasteiger partial charge in [0.2, 0.25) is 0 Å². The summed E-state index contributed by atoms with van der Waals surface area (Å²) in [7, 11) is 0. The molecule has 0 heterocycles. The Morgan fingerprint density at radius 2 is 1.40 bits per heavy atom. The van der Waals surface area contributed by atoms with Crippen molar-refractivity contribution < 1.29 is 23.8 Å². The van der Waals surface area contributed by atoms with Gasteiger partial charge in [0.05, 0.1) is 26.4 Å². The van der Waals surface area contributed by atoms with E-state index in [1.165, 1.54) is 0 Å². The summed E-state index contributed by atoms with van der Waals surface area (Å²) in [5.41, 5.74) is 10.5. The molecule has 2 aromatic carbocycles. The standard InChI is InChI=1S/C19H20N2O4/c20-21-11-19(22)25-18(14-23-12-16-7-3-1-4-8-16)15-24-13-17-9-5-2-6-10-17/h1-11,18H,12-15H2. The van der Waals surface area contributed by atoms with E-state index in [-0.39, 0.29) is 13.2 Å². The molecule has 0 amide bonds. The van der Waals surface area contributed by atoms with Gasteiger partial charge in [-0.1, -0.05) is 60.7 Å². The van der Waals surface area contributed by atoms with Crippen molar-refractivity contribution in [1.29, 1.82) is 0 Å². The maximum Gasteiger partial charge on any atom is 0.414 e. The van der Waals surface area contributed by atoms with Crippen molar-refractivity contribution in [2.24, 2.45) is 0 Å². The number of esters is 1. The van der Waals surface area contributed by atoms with Crippen LogP contribution in [0.25, 0.3) is 5.53 Å². The van der Waals surface area contributed by atoms with Crippen molar-refractivity contribution in [3.8, 4) is 0 Å². The molecule has 0 unspecified atom stereocenters. The minimum absolute atomic E-state index is 0.175. The largest absolute Gasteiger partial charge is 0.449 e. The molecular formula is C19H20N2O4. The van der Waals surface area contributed by atoms with Gasteiger partial charge in [-0.05, 0) is 11.1 Å². The molecule has 0 saturated heterocycles. The number of rotatable bonds is 10. The molecule has 25 heavy (non-hydrogen) atoms. The van der Waals surface area contributed by atoms with Crippen LogP contribution in [0.15, 0.2) is 60.7 Å². The van der Waals surface area contributed by atoms with Gasteiger partial charge < -0.3 is 19.7 Å². The predicted octanol–water partition coefficient (Wildman–Crippen LogP) is 2.63. The first-order valence-electron chi connectivity index (χ1n) is 7.89. The first kappa shape index (κ1) is 18.5. The molecule has 0 aliphatic heterocycles. The summed E-state index contributed by atoms with van der Waals surface area (Å²) in [6, 6.07) is 19.4. The van der Waals surface area contributed by atoms with E-state index >= 15 is 0 Å². The highest BCUT2D eigenvalue weighted by Crippen LogP contribution is 2.05. The van der Waals surface area contributed by atoms with E-state index in [1.807, 2.05) is 60.7 Å². The van der Waals surface area contributed by atoms with Crippen LogP contribution in [0, 0.1) is 0 Å². The molecule has 0 fully saturated rings. The molecule has 6 nitrogen and oxygen atoms in total. The van der Waals surface area contributed by atoms with Crippen LogP contribution in [-0.4, -0.2) is 36.3 Å². The number of ether oxygens (including phenoxy) is 3. The molecule has 0 atom stereocenters. The summed E-state index contributed by atoms with van der Waals surface area (Å²) >= 11 is 0. The molecule has 0 aromatic heterocycles. The zero-order valence-corrected chi connectivity index (χ0v) is 13.8. The average Bonchev–Trinajstić information content (AvgIpc) is 2.63. The fourth-order valence-electron chi connectivity index (χ4n) is 2.12. The van der Waals surface area contributed by atoms with Crippen molar-refractivity contribution in [3.05, 3.63) is 77.3 Å². The third kappa shape index (κ3) is 7.54. The monoisotopic (exact) mass is 340 g/mol. The summed E-state index contributed by atoms with van der Waals surface area (Å²) in [5, 5.41) is 0. The second kappa shape index (κ2) is 10.9. The van der Waals surface area contributed by atoms with Crippen molar-refractivity contribution in [2.45, 2.75) is 19.3 Å². The van der Waals surface area contributed by atoms with Gasteiger partial charge in [-0.3, -0.25) is 0 Å². The van der Waals surface area contributed by atoms with E-state index < -0.39 is 12.1 Å². The fourth-order valence-corrected chi connectivity index (χ4v) is 2.12. The Bertz CT molecular complexity index is 640. The summed E-state index contributed by atoms with van der Waals surface area (Å²) in [6.07, 6.45) is 0.0967. The van der Waals surface area contributed by atoms with Gasteiger partial charge in [-0.25, -0.2) is 4.79 Å². The average molecular weight is 340 g/mol. The van der Waals surface area contributed by atoms with Crippen molar-refractivity contribution in [2.75, 3.05) is 13.2 Å². The highest BCUT2D eigenvalue weighted by molar-refractivity contribution is 6.20. The van der Waals surface area contributed by atoms with Crippen LogP contribution in [0.1, 0.15) is 11.1 Å². The molecule has 0 spiro atoms. The molecular weight excluding hydrogens is 320 g/mol. The van der Waals surface area contributed by atoms with Gasteiger partial charge in [0.25, 0.3) is 0 Å². The Morgan fingerprint density at radius 3 is 1.84 bits per heavy atom. The summed E-state index contributed by atoms with van der Waals surface area (Å²) < 4.78 is 16.4. The molecule has 0 aliphatic carbocycles. The summed E-state index contributed by atoms with van der Waals surface area (Å²) in [6.45, 7) is 1.16. The third-order valence-electron chi connectivity index (χ3n) is 3.28. The summed E-state index contributed by atoms with van der Waals surface area (Å²) in [5.74, 6) is -0.751. The Morgan fingerprint density at radius 1 is 0.920 bits per heavy atom. The predicted molar refractivity (Wildman–Crippen MR) is 91.8 cm³/mol. The van der Waals surface area contributed by atoms with Crippen molar-refractivity contribution >= 4 is 12.2 Å². The molecule has 0 saturated carbocycles. The topological polar surface area (TPSA) is 81.2 Å². The van der Waals surface area contributed by atoms with Gasteiger partial charge in [0.1, 0.15) is 6.10 Å². The number of nitrogens with zero attached hydrogens (tertiary/aromatic N) is 2. The molecule has 0 bridgehead atoms. The smallest absolute Gasteiger partial charge is 0.414 e. The lowest BCUT2D eigenvalue weighted by molar-refractivity contribution is -0.151. The highest BCUT2D eigenvalue weighted by Gasteiger charge is 2.16. The van der Waals surface area contributed by atoms with Crippen LogP contribution < -0.4 is 0 Å². The van der Waals surface area contributed by atoms with E-state index in [1.54, 1.807) is 0 Å². The number of carbonyl (C=O) groups excluding carboxylic acids is 1. The van der Waals surface area contributed by atoms with Crippen LogP contribution in [0.3, 0.4) is 0 Å². The molecule has 0 aliphatic rings. The zero-order valence-electron chi connectivity index (χ0n) is 13.8. The van der Waals surface area contributed by atoms with Gasteiger partial charge in [-0.2, -0.15) is 4.79 Å². The van der Waals surface area contributed by atoms with Crippen molar-refractivity contribution in [3.63, 3.8) is 0 Å². The quantitative estimate of drug-likeness (QED) is 0.288. The van der Waals surface area contributed by atoms with E-state index in [0.29, 0.717) is 19.4 Å². The number of carbonyl (C=O) groups is 1. The van der Waals surface area contributed by atoms with E-state index in [4.69, 9.17) is 19.7 Å². The van der Waals surface area contributed by atoms with Crippen LogP contribution in [0.2, 0.25) is 0 Å². The van der Waals surface area contributed by atoms with Crippen LogP contribution in [0.5, 0.6) is 0 Å². The Labute approximate surface area is 146 Å². The Hall–Kier alpha value is -2.79. The molecule has 0 radical (unpaired) electrons. The molecule has 2 rings (SSSR count). The lowest BCUT2D eigenvalue weighted by Crippen LogP contribution is -2.29. The fraction of sp³-hybridized carbons (Fsp3) is 0.263. The van der Waals surface area contributed by atoms with Gasteiger partial charge >= 0.3 is 12.2 Å². The van der Waals surface area contributed by atoms with E-state index in [9.17, 15) is 4.79 Å². The minimum Gasteiger partial charge on any atom is -0.449 e. The minimum atomic E-state index is -0.751. The second-order valence-corrected chi connectivity index (χ2v) is 5.30. The van der Waals surface area contributed by atoms with Crippen LogP contribution >= 0.6 is 0 Å². The lowest BCUT2D eigenvalue weighted by Gasteiger charge is -2.16. The molecule has 2 aromatic rings. The maximum atomic E-state index is 11.5. The normalized spacial score (nSPS) is 10.3. The van der Waals surface area contributed by atoms with Gasteiger partial charge in [0.15, 0.2) is 0 Å². The maximum absolute atomic E-state index is 11.5. The lowest BCUT2D eigenvalue weighted by atomic mass is 10.2. The first-order chi connectivity index (χ1) is 12.3. The van der Waals surface area contributed by atoms with Gasteiger partial charge in [-0.15, -0.1) is 0 Å². The van der Waals surface area contributed by atoms with Crippen LogP contribution in [0.4, 0.5) is 0 Å². The Kier molecular flexibility index (Phi) is 8.08. The number of hydrogen-bond acceptors (Lipinski definition) is 4. The van der Waals surface area contributed by atoms with Crippen LogP contribution in [-0.2, 0) is 32.2 Å². The van der Waals surface area contributed by atoms with Gasteiger partial charge in [0, 0.05) is 0 Å². The Balaban J connectivity index is 1.81. The third-order valence-corrected chi connectivity index (χ3v) is 3.28. The number of benzene rings is 2.